The molecule has 0 saturated carbocycles. The van der Waals surface area contributed by atoms with Crippen LogP contribution in [0.15, 0.2) is 40.2 Å². The zero-order valence-corrected chi connectivity index (χ0v) is 13.9. The Bertz CT molecular complexity index is 873. The molecule has 24 heavy (non-hydrogen) atoms. The van der Waals surface area contributed by atoms with Gasteiger partial charge >= 0.3 is 0 Å². The van der Waals surface area contributed by atoms with Crippen molar-refractivity contribution in [2.24, 2.45) is 0 Å². The Balaban J connectivity index is 1.50. The SMILES string of the molecule is CC(Nc1ccc2c(c1)CCC(=O)N2)c1nc(-c2cccs2)no1. The number of aromatic nitrogens is 2. The maximum Gasteiger partial charge on any atom is 0.249 e. The molecule has 3 aromatic rings. The molecule has 0 saturated heterocycles. The highest BCUT2D eigenvalue weighted by Crippen LogP contribution is 2.28. The van der Waals surface area contributed by atoms with Gasteiger partial charge in [-0.05, 0) is 48.6 Å². The number of aryl methyl sites for hydroxylation is 1. The van der Waals surface area contributed by atoms with Gasteiger partial charge in [0.1, 0.15) is 6.04 Å². The molecule has 1 amide bonds. The topological polar surface area (TPSA) is 80.0 Å². The zero-order valence-electron chi connectivity index (χ0n) is 13.1. The Morgan fingerprint density at radius 1 is 1.33 bits per heavy atom. The van der Waals surface area contributed by atoms with Gasteiger partial charge in [-0.25, -0.2) is 0 Å². The predicted octanol–water partition coefficient (Wildman–Crippen LogP) is 3.86. The third-order valence-electron chi connectivity index (χ3n) is 3.94. The van der Waals surface area contributed by atoms with E-state index in [1.807, 2.05) is 36.6 Å². The molecule has 1 unspecified atom stereocenters. The summed E-state index contributed by atoms with van der Waals surface area (Å²) in [5.41, 5.74) is 2.99. The van der Waals surface area contributed by atoms with Gasteiger partial charge in [-0.2, -0.15) is 4.98 Å². The molecule has 0 bridgehead atoms. The standard InChI is InChI=1S/C17H16N4O2S/c1-10(17-20-16(21-23-17)14-3-2-8-24-14)18-12-5-6-13-11(9-12)4-7-15(22)19-13/h2-3,5-6,8-10,18H,4,7H2,1H3,(H,19,22). The normalized spacial score (nSPS) is 14.8. The summed E-state index contributed by atoms with van der Waals surface area (Å²) in [6.45, 7) is 1.98. The summed E-state index contributed by atoms with van der Waals surface area (Å²) in [6.07, 6.45) is 1.29. The maximum atomic E-state index is 11.4. The van der Waals surface area contributed by atoms with E-state index in [0.717, 1.165) is 28.2 Å². The van der Waals surface area contributed by atoms with Crippen LogP contribution in [0.4, 0.5) is 11.4 Å². The first kappa shape index (κ1) is 14.9. The Morgan fingerprint density at radius 3 is 3.08 bits per heavy atom. The zero-order chi connectivity index (χ0) is 16.5. The first-order chi connectivity index (χ1) is 11.7. The average Bonchev–Trinajstić information content (AvgIpc) is 3.26. The molecule has 1 aromatic carbocycles. The van der Waals surface area contributed by atoms with Crippen LogP contribution < -0.4 is 10.6 Å². The van der Waals surface area contributed by atoms with E-state index in [0.29, 0.717) is 18.1 Å². The molecule has 0 radical (unpaired) electrons. The minimum absolute atomic E-state index is 0.0727. The van der Waals surface area contributed by atoms with Crippen molar-refractivity contribution in [1.82, 2.24) is 10.1 Å². The van der Waals surface area contributed by atoms with Crippen LogP contribution >= 0.6 is 11.3 Å². The van der Waals surface area contributed by atoms with Crippen LogP contribution in [0.2, 0.25) is 0 Å². The molecule has 4 rings (SSSR count). The van der Waals surface area contributed by atoms with Crippen LogP contribution in [0.25, 0.3) is 10.7 Å². The van der Waals surface area contributed by atoms with Crippen molar-refractivity contribution in [3.05, 3.63) is 47.2 Å². The molecule has 0 spiro atoms. The number of carbonyl (C=O) groups is 1. The van der Waals surface area contributed by atoms with Crippen LogP contribution in [-0.4, -0.2) is 16.0 Å². The highest BCUT2D eigenvalue weighted by Gasteiger charge is 2.18. The van der Waals surface area contributed by atoms with Crippen molar-refractivity contribution < 1.29 is 9.32 Å². The Morgan fingerprint density at radius 2 is 2.25 bits per heavy atom. The van der Waals surface area contributed by atoms with E-state index in [9.17, 15) is 4.79 Å². The van der Waals surface area contributed by atoms with Gasteiger partial charge in [0.05, 0.1) is 4.88 Å². The number of carbonyl (C=O) groups excluding carboxylic acids is 1. The van der Waals surface area contributed by atoms with Crippen LogP contribution in [0.1, 0.15) is 30.8 Å². The fourth-order valence-electron chi connectivity index (χ4n) is 2.70. The number of fused-ring (bicyclic) bond motifs is 1. The smallest absolute Gasteiger partial charge is 0.249 e. The second kappa shape index (κ2) is 6.09. The van der Waals surface area contributed by atoms with Crippen molar-refractivity contribution in [2.45, 2.75) is 25.8 Å². The summed E-state index contributed by atoms with van der Waals surface area (Å²) < 4.78 is 5.38. The van der Waals surface area contributed by atoms with Gasteiger partial charge in [0.25, 0.3) is 0 Å². The molecule has 6 nitrogen and oxygen atoms in total. The van der Waals surface area contributed by atoms with Crippen LogP contribution in [-0.2, 0) is 11.2 Å². The third-order valence-corrected chi connectivity index (χ3v) is 4.80. The lowest BCUT2D eigenvalue weighted by atomic mass is 10.0. The summed E-state index contributed by atoms with van der Waals surface area (Å²) in [6, 6.07) is 9.74. The van der Waals surface area contributed by atoms with Gasteiger partial charge in [0.2, 0.25) is 17.6 Å². The fraction of sp³-hybridized carbons (Fsp3) is 0.235. The van der Waals surface area contributed by atoms with Crippen LogP contribution in [0.5, 0.6) is 0 Å². The highest BCUT2D eigenvalue weighted by molar-refractivity contribution is 7.13. The Hall–Kier alpha value is -2.67. The summed E-state index contributed by atoms with van der Waals surface area (Å²) in [5, 5.41) is 12.3. The largest absolute Gasteiger partial charge is 0.374 e. The lowest BCUT2D eigenvalue weighted by Gasteiger charge is -2.19. The molecule has 1 aliphatic heterocycles. The number of nitrogens with one attached hydrogen (secondary N) is 2. The number of nitrogens with zero attached hydrogens (tertiary/aromatic N) is 2. The van der Waals surface area contributed by atoms with Crippen molar-refractivity contribution in [3.63, 3.8) is 0 Å². The molecular formula is C17H16N4O2S. The quantitative estimate of drug-likeness (QED) is 0.754. The Kier molecular flexibility index (Phi) is 3.78. The lowest BCUT2D eigenvalue weighted by molar-refractivity contribution is -0.116. The molecule has 1 atom stereocenters. The van der Waals surface area contributed by atoms with E-state index in [-0.39, 0.29) is 11.9 Å². The maximum absolute atomic E-state index is 11.4. The van der Waals surface area contributed by atoms with E-state index in [2.05, 4.69) is 26.8 Å². The summed E-state index contributed by atoms with van der Waals surface area (Å²) in [7, 11) is 0. The Labute approximate surface area is 142 Å². The van der Waals surface area contributed by atoms with Gasteiger partial charge < -0.3 is 15.2 Å². The van der Waals surface area contributed by atoms with Gasteiger partial charge in [-0.15, -0.1) is 11.3 Å². The summed E-state index contributed by atoms with van der Waals surface area (Å²) >= 11 is 1.58. The molecular weight excluding hydrogens is 324 g/mol. The highest BCUT2D eigenvalue weighted by atomic mass is 32.1. The molecule has 3 heterocycles. The van der Waals surface area contributed by atoms with Gasteiger partial charge in [0, 0.05) is 17.8 Å². The number of anilines is 2. The van der Waals surface area contributed by atoms with Crippen molar-refractivity contribution in [2.75, 3.05) is 10.6 Å². The first-order valence-corrected chi connectivity index (χ1v) is 8.64. The first-order valence-electron chi connectivity index (χ1n) is 7.76. The van der Waals surface area contributed by atoms with Gasteiger partial charge in [0.15, 0.2) is 0 Å². The lowest BCUT2D eigenvalue weighted by Crippen LogP contribution is -2.19. The summed E-state index contributed by atoms with van der Waals surface area (Å²) in [5.74, 6) is 1.23. The second-order valence-corrected chi connectivity index (χ2v) is 6.67. The minimum Gasteiger partial charge on any atom is -0.374 e. The molecule has 0 aliphatic carbocycles. The number of rotatable bonds is 4. The van der Waals surface area contributed by atoms with E-state index in [1.165, 1.54) is 0 Å². The number of thiophene rings is 1. The molecule has 122 valence electrons. The van der Waals surface area contributed by atoms with E-state index < -0.39 is 0 Å². The van der Waals surface area contributed by atoms with E-state index >= 15 is 0 Å². The number of hydrogen-bond acceptors (Lipinski definition) is 6. The number of amides is 1. The monoisotopic (exact) mass is 340 g/mol. The van der Waals surface area contributed by atoms with Crippen LogP contribution in [0.3, 0.4) is 0 Å². The van der Waals surface area contributed by atoms with E-state index in [1.54, 1.807) is 11.3 Å². The molecule has 2 aromatic heterocycles. The number of hydrogen-bond donors (Lipinski definition) is 2. The summed E-state index contributed by atoms with van der Waals surface area (Å²) in [4.78, 5) is 16.9. The van der Waals surface area contributed by atoms with Gasteiger partial charge in [-0.3, -0.25) is 4.79 Å². The van der Waals surface area contributed by atoms with Gasteiger partial charge in [-0.1, -0.05) is 11.2 Å². The fourth-order valence-corrected chi connectivity index (χ4v) is 3.35. The average molecular weight is 340 g/mol. The van der Waals surface area contributed by atoms with Crippen molar-refractivity contribution in [3.8, 4) is 10.7 Å². The van der Waals surface area contributed by atoms with Crippen molar-refractivity contribution in [1.29, 1.82) is 0 Å². The molecule has 1 aliphatic rings. The molecule has 7 heteroatoms. The van der Waals surface area contributed by atoms with Crippen LogP contribution in [0, 0.1) is 0 Å². The molecule has 0 fully saturated rings. The second-order valence-electron chi connectivity index (χ2n) is 5.72. The number of benzene rings is 1. The predicted molar refractivity (Wildman–Crippen MR) is 93.0 cm³/mol. The van der Waals surface area contributed by atoms with E-state index in [4.69, 9.17) is 4.52 Å². The van der Waals surface area contributed by atoms with Crippen molar-refractivity contribution >= 4 is 28.6 Å². The molecule has 2 N–H and O–H groups in total. The third kappa shape index (κ3) is 2.90. The minimum atomic E-state index is -0.109.